The Morgan fingerprint density at radius 1 is 1.22 bits per heavy atom. The lowest BCUT2D eigenvalue weighted by Crippen LogP contribution is -1.93. The van der Waals surface area contributed by atoms with Crippen molar-refractivity contribution >= 4 is 17.2 Å². The average molecular weight is 263 g/mol. The van der Waals surface area contributed by atoms with Crippen molar-refractivity contribution < 1.29 is 4.39 Å². The second kappa shape index (κ2) is 4.03. The highest BCUT2D eigenvalue weighted by Crippen LogP contribution is 2.23. The van der Waals surface area contributed by atoms with Gasteiger partial charge in [-0.2, -0.15) is 0 Å². The third-order valence-corrected chi connectivity index (χ3v) is 2.97. The first-order valence-corrected chi connectivity index (χ1v) is 5.66. The number of halogens is 2. The predicted molar refractivity (Wildman–Crippen MR) is 65.9 cm³/mol. The monoisotopic (exact) mass is 262 g/mol. The fraction of sp³-hybridized carbons (Fsp3) is 0.0833. The van der Waals surface area contributed by atoms with E-state index in [-0.39, 0.29) is 5.82 Å². The van der Waals surface area contributed by atoms with Crippen LogP contribution >= 0.6 is 11.6 Å². The van der Waals surface area contributed by atoms with Crippen LogP contribution in [0.5, 0.6) is 0 Å². The van der Waals surface area contributed by atoms with Gasteiger partial charge in [-0.1, -0.05) is 23.7 Å². The van der Waals surface area contributed by atoms with E-state index < -0.39 is 0 Å². The normalized spacial score (nSPS) is 11.1. The van der Waals surface area contributed by atoms with Gasteiger partial charge in [-0.15, -0.1) is 10.2 Å². The molecule has 0 aliphatic heterocycles. The predicted octanol–water partition coefficient (Wildman–Crippen LogP) is 2.89. The summed E-state index contributed by atoms with van der Waals surface area (Å²) in [4.78, 5) is 3.92. The molecule has 3 rings (SSSR count). The molecule has 0 unspecified atom stereocenters. The number of aromatic nitrogens is 4. The molecule has 0 bridgehead atoms. The zero-order valence-electron chi connectivity index (χ0n) is 9.43. The molecule has 90 valence electrons. The van der Waals surface area contributed by atoms with Crippen LogP contribution in [0.3, 0.4) is 0 Å². The lowest BCUT2D eigenvalue weighted by molar-refractivity contribution is 0.619. The van der Waals surface area contributed by atoms with E-state index in [0.29, 0.717) is 27.8 Å². The van der Waals surface area contributed by atoms with E-state index in [4.69, 9.17) is 11.6 Å². The zero-order valence-corrected chi connectivity index (χ0v) is 10.2. The van der Waals surface area contributed by atoms with Crippen LogP contribution in [0, 0.1) is 12.7 Å². The molecule has 0 atom stereocenters. The van der Waals surface area contributed by atoms with E-state index in [2.05, 4.69) is 15.2 Å². The van der Waals surface area contributed by atoms with Crippen molar-refractivity contribution in [2.75, 3.05) is 0 Å². The molecule has 0 aliphatic rings. The van der Waals surface area contributed by atoms with Gasteiger partial charge in [-0.05, 0) is 18.6 Å². The highest BCUT2D eigenvalue weighted by molar-refractivity contribution is 6.29. The summed E-state index contributed by atoms with van der Waals surface area (Å²) in [6.07, 6.45) is 3.04. The van der Waals surface area contributed by atoms with Gasteiger partial charge in [0, 0.05) is 5.56 Å². The summed E-state index contributed by atoms with van der Waals surface area (Å²) in [5.74, 6) is 0.214. The SMILES string of the molecule is Cc1ccc(-c2nnc3cncc(Cl)n23)cc1F. The molecule has 1 aromatic carbocycles. The number of hydrogen-bond donors (Lipinski definition) is 0. The molecule has 0 N–H and O–H groups in total. The van der Waals surface area contributed by atoms with Crippen LogP contribution in [0.15, 0.2) is 30.6 Å². The van der Waals surface area contributed by atoms with Crippen LogP contribution in [0.2, 0.25) is 5.15 Å². The van der Waals surface area contributed by atoms with Gasteiger partial charge in [0.25, 0.3) is 0 Å². The van der Waals surface area contributed by atoms with Crippen molar-refractivity contribution in [3.05, 3.63) is 47.1 Å². The van der Waals surface area contributed by atoms with Gasteiger partial charge in [0.05, 0.1) is 12.4 Å². The fourth-order valence-electron chi connectivity index (χ4n) is 1.73. The molecular weight excluding hydrogens is 255 g/mol. The molecule has 0 saturated carbocycles. The van der Waals surface area contributed by atoms with Crippen LogP contribution in [-0.2, 0) is 0 Å². The topological polar surface area (TPSA) is 43.1 Å². The molecule has 0 saturated heterocycles. The lowest BCUT2D eigenvalue weighted by Gasteiger charge is -2.03. The molecule has 6 heteroatoms. The highest BCUT2D eigenvalue weighted by Gasteiger charge is 2.12. The summed E-state index contributed by atoms with van der Waals surface area (Å²) < 4.78 is 15.2. The van der Waals surface area contributed by atoms with E-state index in [9.17, 15) is 4.39 Å². The van der Waals surface area contributed by atoms with E-state index in [0.717, 1.165) is 0 Å². The molecule has 4 nitrogen and oxygen atoms in total. The van der Waals surface area contributed by atoms with E-state index in [1.54, 1.807) is 29.7 Å². The summed E-state index contributed by atoms with van der Waals surface area (Å²) in [6, 6.07) is 4.90. The highest BCUT2D eigenvalue weighted by atomic mass is 35.5. The van der Waals surface area contributed by atoms with Gasteiger partial charge in [0.1, 0.15) is 11.0 Å². The fourth-order valence-corrected chi connectivity index (χ4v) is 1.96. The number of fused-ring (bicyclic) bond motifs is 1. The van der Waals surface area contributed by atoms with Gasteiger partial charge in [-0.3, -0.25) is 9.38 Å². The Hall–Kier alpha value is -2.01. The largest absolute Gasteiger partial charge is 0.262 e. The Morgan fingerprint density at radius 3 is 2.83 bits per heavy atom. The first-order chi connectivity index (χ1) is 8.66. The second-order valence-corrected chi connectivity index (χ2v) is 4.30. The van der Waals surface area contributed by atoms with Crippen LogP contribution in [0.1, 0.15) is 5.56 Å². The van der Waals surface area contributed by atoms with Crippen molar-refractivity contribution in [2.24, 2.45) is 0 Å². The average Bonchev–Trinajstić information content (AvgIpc) is 2.78. The third-order valence-electron chi connectivity index (χ3n) is 2.70. The van der Waals surface area contributed by atoms with Crippen molar-refractivity contribution in [1.82, 2.24) is 19.6 Å². The maximum Gasteiger partial charge on any atom is 0.180 e. The molecular formula is C12H8ClFN4. The first kappa shape index (κ1) is 11.1. The molecule has 0 spiro atoms. The molecule has 2 heterocycles. The third kappa shape index (κ3) is 1.64. The van der Waals surface area contributed by atoms with Crippen molar-refractivity contribution in [3.63, 3.8) is 0 Å². The number of nitrogens with zero attached hydrogens (tertiary/aromatic N) is 4. The quantitative estimate of drug-likeness (QED) is 0.677. The van der Waals surface area contributed by atoms with Gasteiger partial charge < -0.3 is 0 Å². The zero-order chi connectivity index (χ0) is 12.7. The summed E-state index contributed by atoms with van der Waals surface area (Å²) in [5.41, 5.74) is 1.73. The maximum absolute atomic E-state index is 13.6. The van der Waals surface area contributed by atoms with Crippen molar-refractivity contribution in [3.8, 4) is 11.4 Å². The smallest absolute Gasteiger partial charge is 0.180 e. The summed E-state index contributed by atoms with van der Waals surface area (Å²) >= 11 is 6.05. The molecule has 0 amide bonds. The van der Waals surface area contributed by atoms with Gasteiger partial charge in [0.15, 0.2) is 11.5 Å². The Kier molecular flexibility index (Phi) is 2.48. The Labute approximate surface area is 107 Å². The Morgan fingerprint density at radius 2 is 2.06 bits per heavy atom. The number of rotatable bonds is 1. The van der Waals surface area contributed by atoms with E-state index in [1.807, 2.05) is 0 Å². The van der Waals surface area contributed by atoms with Crippen LogP contribution in [0.25, 0.3) is 17.0 Å². The minimum absolute atomic E-state index is 0.283. The Bertz CT molecular complexity index is 738. The molecule has 0 fully saturated rings. The Balaban J connectivity index is 2.28. The standard InChI is InChI=1S/C12H8ClFN4/c1-7-2-3-8(4-9(7)14)12-17-16-11-6-15-5-10(13)18(11)12/h2-6H,1H3. The second-order valence-electron chi connectivity index (χ2n) is 3.91. The van der Waals surface area contributed by atoms with Crippen LogP contribution < -0.4 is 0 Å². The lowest BCUT2D eigenvalue weighted by atomic mass is 10.1. The van der Waals surface area contributed by atoms with Crippen molar-refractivity contribution in [2.45, 2.75) is 6.92 Å². The van der Waals surface area contributed by atoms with Gasteiger partial charge in [-0.25, -0.2) is 4.39 Å². The number of aryl methyl sites for hydroxylation is 1. The molecule has 18 heavy (non-hydrogen) atoms. The van der Waals surface area contributed by atoms with Crippen LogP contribution in [0.4, 0.5) is 4.39 Å². The molecule has 0 radical (unpaired) electrons. The van der Waals surface area contributed by atoms with E-state index >= 15 is 0 Å². The molecule has 2 aromatic heterocycles. The van der Waals surface area contributed by atoms with Crippen LogP contribution in [-0.4, -0.2) is 19.6 Å². The van der Waals surface area contributed by atoms with Crippen molar-refractivity contribution in [1.29, 1.82) is 0 Å². The minimum atomic E-state index is -0.283. The summed E-state index contributed by atoms with van der Waals surface area (Å²) in [5, 5.41) is 8.35. The van der Waals surface area contributed by atoms with Gasteiger partial charge in [0.2, 0.25) is 0 Å². The summed E-state index contributed by atoms with van der Waals surface area (Å²) in [6.45, 7) is 1.71. The summed E-state index contributed by atoms with van der Waals surface area (Å²) in [7, 11) is 0. The molecule has 3 aromatic rings. The molecule has 0 aliphatic carbocycles. The first-order valence-electron chi connectivity index (χ1n) is 5.28. The number of benzene rings is 1. The van der Waals surface area contributed by atoms with Gasteiger partial charge >= 0.3 is 0 Å². The van der Waals surface area contributed by atoms with E-state index in [1.165, 1.54) is 12.3 Å². The minimum Gasteiger partial charge on any atom is -0.262 e. The number of hydrogen-bond acceptors (Lipinski definition) is 3. The maximum atomic E-state index is 13.6.